The Balaban J connectivity index is 1.36. The number of Topliss-reactive ketones (excluding diaryl/α,β-unsaturated/α-hetero) is 1. The molecule has 190 valence electrons. The molecule has 0 aliphatic heterocycles. The van der Waals surface area contributed by atoms with Gasteiger partial charge in [-0.25, -0.2) is 0 Å². The van der Waals surface area contributed by atoms with E-state index in [1.165, 1.54) is 32.1 Å². The summed E-state index contributed by atoms with van der Waals surface area (Å²) in [4.78, 5) is 14.6. The molecule has 1 heterocycles. The minimum atomic E-state index is -0.509. The Labute approximate surface area is 209 Å². The summed E-state index contributed by atoms with van der Waals surface area (Å²) in [6.45, 7) is 5.73. The number of carbonyl (C=O) groups is 1. The summed E-state index contributed by atoms with van der Waals surface area (Å²) in [5, 5.41) is 15.3. The topological polar surface area (TPSA) is 64.3 Å². The van der Waals surface area contributed by atoms with E-state index in [1.54, 1.807) is 11.8 Å². The van der Waals surface area contributed by atoms with Gasteiger partial charge in [0, 0.05) is 30.7 Å². The first-order valence-corrected chi connectivity index (χ1v) is 14.8. The molecule has 0 amide bonds. The molecule has 1 aromatic rings. The zero-order valence-corrected chi connectivity index (χ0v) is 22.4. The van der Waals surface area contributed by atoms with Crippen LogP contribution in [0.25, 0.3) is 0 Å². The zero-order valence-electron chi connectivity index (χ0n) is 21.6. The van der Waals surface area contributed by atoms with Gasteiger partial charge in [-0.3, -0.25) is 9.48 Å². The SMILES string of the molecule is COCC[C@]12CC[C@@](C)(O)C[C@H]1CC[C@H]1[C@@H]3CC[C@H](C(=O)Cn4cc(SC)cn4)[C@@]3(C)CC[C@@H]12. The number of aliphatic hydroxyl groups is 1. The van der Waals surface area contributed by atoms with Crippen LogP contribution in [0.2, 0.25) is 0 Å². The predicted octanol–water partition coefficient (Wildman–Crippen LogP) is 5.60. The second kappa shape index (κ2) is 9.23. The van der Waals surface area contributed by atoms with Crippen molar-refractivity contribution in [1.29, 1.82) is 0 Å². The first-order chi connectivity index (χ1) is 16.2. The lowest BCUT2D eigenvalue weighted by Gasteiger charge is -2.63. The Morgan fingerprint density at radius 2 is 2.00 bits per heavy atom. The monoisotopic (exact) mass is 488 g/mol. The number of methoxy groups -OCH3 is 1. The molecule has 0 unspecified atom stereocenters. The van der Waals surface area contributed by atoms with Crippen LogP contribution in [-0.2, 0) is 16.1 Å². The summed E-state index contributed by atoms with van der Waals surface area (Å²) < 4.78 is 7.47. The summed E-state index contributed by atoms with van der Waals surface area (Å²) in [5.74, 6) is 3.26. The van der Waals surface area contributed by atoms with E-state index in [9.17, 15) is 9.90 Å². The molecule has 4 fully saturated rings. The summed E-state index contributed by atoms with van der Waals surface area (Å²) in [5.41, 5.74) is -0.0676. The van der Waals surface area contributed by atoms with Crippen LogP contribution in [0.3, 0.4) is 0 Å². The van der Waals surface area contributed by atoms with Gasteiger partial charge < -0.3 is 9.84 Å². The summed E-state index contributed by atoms with van der Waals surface area (Å²) in [6.07, 6.45) is 17.2. The van der Waals surface area contributed by atoms with Gasteiger partial charge in [-0.05, 0) is 112 Å². The van der Waals surface area contributed by atoms with Gasteiger partial charge in [0.05, 0.1) is 18.3 Å². The minimum Gasteiger partial charge on any atom is -0.390 e. The van der Waals surface area contributed by atoms with Gasteiger partial charge in [0.1, 0.15) is 0 Å². The molecule has 6 heteroatoms. The molecule has 4 aliphatic rings. The maximum Gasteiger partial charge on any atom is 0.157 e. The fourth-order valence-electron chi connectivity index (χ4n) is 9.36. The van der Waals surface area contributed by atoms with Crippen molar-refractivity contribution in [3.63, 3.8) is 0 Å². The molecular formula is C28H44N2O3S. The second-order valence-corrected chi connectivity index (χ2v) is 13.4. The number of nitrogens with zero attached hydrogens (tertiary/aromatic N) is 2. The third kappa shape index (κ3) is 4.10. The highest BCUT2D eigenvalue weighted by molar-refractivity contribution is 7.98. The Hall–Kier alpha value is -0.850. The van der Waals surface area contributed by atoms with Crippen molar-refractivity contribution in [2.24, 2.45) is 40.4 Å². The molecule has 0 bridgehead atoms. The highest BCUT2D eigenvalue weighted by atomic mass is 32.2. The molecular weight excluding hydrogens is 444 g/mol. The van der Waals surface area contributed by atoms with Gasteiger partial charge in [-0.1, -0.05) is 6.92 Å². The average Bonchev–Trinajstić information content (AvgIpc) is 3.40. The summed E-state index contributed by atoms with van der Waals surface area (Å²) in [6, 6.07) is 0. The molecule has 0 aromatic carbocycles. The van der Waals surface area contributed by atoms with Crippen molar-refractivity contribution in [3.05, 3.63) is 12.4 Å². The van der Waals surface area contributed by atoms with Crippen LogP contribution in [0.1, 0.15) is 78.1 Å². The first-order valence-electron chi connectivity index (χ1n) is 13.5. The fourth-order valence-corrected chi connectivity index (χ4v) is 9.74. The molecule has 1 N–H and O–H groups in total. The largest absolute Gasteiger partial charge is 0.390 e. The zero-order chi connectivity index (χ0) is 24.1. The number of thioether (sulfide) groups is 1. The van der Waals surface area contributed by atoms with Crippen LogP contribution >= 0.6 is 11.8 Å². The van der Waals surface area contributed by atoms with Gasteiger partial charge >= 0.3 is 0 Å². The molecule has 0 spiro atoms. The lowest BCUT2D eigenvalue weighted by Crippen LogP contribution is -2.57. The molecule has 0 radical (unpaired) electrons. The van der Waals surface area contributed by atoms with Crippen LogP contribution in [0.15, 0.2) is 17.3 Å². The smallest absolute Gasteiger partial charge is 0.157 e. The maximum atomic E-state index is 13.5. The van der Waals surface area contributed by atoms with Crippen molar-refractivity contribution < 1.29 is 14.6 Å². The molecule has 4 saturated carbocycles. The number of hydrogen-bond acceptors (Lipinski definition) is 5. The highest BCUT2D eigenvalue weighted by Gasteiger charge is 2.62. The van der Waals surface area contributed by atoms with E-state index in [0.717, 1.165) is 55.4 Å². The Morgan fingerprint density at radius 1 is 1.18 bits per heavy atom. The van der Waals surface area contributed by atoms with Gasteiger partial charge in [0.25, 0.3) is 0 Å². The normalized spacial score (nSPS) is 43.7. The van der Waals surface area contributed by atoms with E-state index >= 15 is 0 Å². The van der Waals surface area contributed by atoms with Crippen molar-refractivity contribution >= 4 is 17.5 Å². The van der Waals surface area contributed by atoms with Gasteiger partial charge in [-0.15, -0.1) is 11.8 Å². The third-order valence-corrected chi connectivity index (χ3v) is 11.7. The summed E-state index contributed by atoms with van der Waals surface area (Å²) in [7, 11) is 1.83. The maximum absolute atomic E-state index is 13.5. The van der Waals surface area contributed by atoms with Crippen LogP contribution < -0.4 is 0 Å². The predicted molar refractivity (Wildman–Crippen MR) is 136 cm³/mol. The molecule has 4 aliphatic carbocycles. The van der Waals surface area contributed by atoms with Crippen LogP contribution in [0.5, 0.6) is 0 Å². The molecule has 5 rings (SSSR count). The molecule has 8 atom stereocenters. The van der Waals surface area contributed by atoms with E-state index in [-0.39, 0.29) is 11.3 Å². The van der Waals surface area contributed by atoms with E-state index in [2.05, 4.69) is 12.0 Å². The van der Waals surface area contributed by atoms with Gasteiger partial charge in [-0.2, -0.15) is 5.10 Å². The first kappa shape index (κ1) is 24.8. The van der Waals surface area contributed by atoms with Crippen molar-refractivity contribution in [2.75, 3.05) is 20.0 Å². The standard InChI is InChI=1S/C28H44N2O3S/c1-26(32)11-12-28(13-14-33-3)19(15-26)5-6-21-22-7-8-24(27(22,2)10-9-23(21)28)25(31)18-30-17-20(34-4)16-29-30/h16-17,19,21-24,32H,5-15,18H2,1-4H3/t19-,21+,22+,23+,24-,26-,27+,28-/m1/s1. The van der Waals surface area contributed by atoms with E-state index in [1.807, 2.05) is 37.4 Å². The molecule has 1 aromatic heterocycles. The molecule has 0 saturated heterocycles. The summed E-state index contributed by atoms with van der Waals surface area (Å²) >= 11 is 1.67. The molecule has 5 nitrogen and oxygen atoms in total. The van der Waals surface area contributed by atoms with Crippen molar-refractivity contribution in [1.82, 2.24) is 9.78 Å². The van der Waals surface area contributed by atoms with Crippen LogP contribution in [-0.4, -0.2) is 46.2 Å². The lowest BCUT2D eigenvalue weighted by molar-refractivity contribution is -0.163. The number of carbonyl (C=O) groups excluding carboxylic acids is 1. The fraction of sp³-hybridized carbons (Fsp3) is 0.857. The van der Waals surface area contributed by atoms with E-state index in [0.29, 0.717) is 29.6 Å². The van der Waals surface area contributed by atoms with Crippen molar-refractivity contribution in [3.8, 4) is 0 Å². The Morgan fingerprint density at radius 3 is 2.74 bits per heavy atom. The quantitative estimate of drug-likeness (QED) is 0.506. The van der Waals surface area contributed by atoms with Crippen molar-refractivity contribution in [2.45, 2.75) is 95.1 Å². The third-order valence-electron chi connectivity index (χ3n) is 11.0. The van der Waals surface area contributed by atoms with Crippen LogP contribution in [0.4, 0.5) is 0 Å². The highest BCUT2D eigenvalue weighted by Crippen LogP contribution is 2.69. The number of hydrogen-bond donors (Lipinski definition) is 1. The van der Waals surface area contributed by atoms with E-state index in [4.69, 9.17) is 4.74 Å². The average molecular weight is 489 g/mol. The number of fused-ring (bicyclic) bond motifs is 5. The Kier molecular flexibility index (Phi) is 6.74. The second-order valence-electron chi connectivity index (χ2n) is 12.5. The Bertz CT molecular complexity index is 900. The van der Waals surface area contributed by atoms with E-state index < -0.39 is 5.60 Å². The van der Waals surface area contributed by atoms with Gasteiger partial charge in [0.2, 0.25) is 0 Å². The number of aromatic nitrogens is 2. The van der Waals surface area contributed by atoms with Gasteiger partial charge in [0.15, 0.2) is 5.78 Å². The number of ketones is 1. The lowest BCUT2D eigenvalue weighted by atomic mass is 9.42. The van der Waals surface area contributed by atoms with Crippen LogP contribution in [0, 0.1) is 40.4 Å². The molecule has 34 heavy (non-hydrogen) atoms. The minimum absolute atomic E-state index is 0.128. The number of rotatable bonds is 7. The number of ether oxygens (including phenoxy) is 1.